The molecule has 3 aliphatic rings. The van der Waals surface area contributed by atoms with Gasteiger partial charge < -0.3 is 10.2 Å². The summed E-state index contributed by atoms with van der Waals surface area (Å²) in [7, 11) is 0. The molecule has 3 heterocycles. The van der Waals surface area contributed by atoms with Crippen molar-refractivity contribution in [2.45, 2.75) is 38.6 Å². The Morgan fingerprint density at radius 1 is 1.23 bits per heavy atom. The van der Waals surface area contributed by atoms with Crippen LogP contribution in [-0.2, 0) is 17.8 Å². The summed E-state index contributed by atoms with van der Waals surface area (Å²) in [5, 5.41) is 8.11. The molecule has 1 saturated heterocycles. The minimum atomic E-state index is -0.148. The first-order valence-electron chi connectivity index (χ1n) is 9.89. The number of nitrogens with zero attached hydrogens (tertiary/aromatic N) is 3. The van der Waals surface area contributed by atoms with E-state index in [0.717, 1.165) is 38.2 Å². The number of amides is 1. The van der Waals surface area contributed by atoms with E-state index in [-0.39, 0.29) is 5.41 Å². The van der Waals surface area contributed by atoms with Crippen molar-refractivity contribution in [3.8, 4) is 5.69 Å². The summed E-state index contributed by atoms with van der Waals surface area (Å²) < 4.78 is 2.04. The molecule has 26 heavy (non-hydrogen) atoms. The normalized spacial score (nSPS) is 27.8. The van der Waals surface area contributed by atoms with Gasteiger partial charge in [0.1, 0.15) is 0 Å². The first kappa shape index (κ1) is 16.1. The largest absolute Gasteiger partial charge is 0.337 e. The summed E-state index contributed by atoms with van der Waals surface area (Å²) in [5.74, 6) is 0.905. The Balaban J connectivity index is 1.40. The molecule has 1 saturated carbocycles. The van der Waals surface area contributed by atoms with Crippen molar-refractivity contribution in [3.63, 3.8) is 0 Å². The Kier molecular flexibility index (Phi) is 3.85. The number of aromatic nitrogens is 2. The molecule has 5 heteroatoms. The fourth-order valence-corrected chi connectivity index (χ4v) is 5.28. The van der Waals surface area contributed by atoms with Crippen LogP contribution in [0.15, 0.2) is 36.5 Å². The van der Waals surface area contributed by atoms with Crippen LogP contribution in [0.1, 0.15) is 36.9 Å². The number of hydrogen-bond donors (Lipinski definition) is 1. The molecule has 5 rings (SSSR count). The van der Waals surface area contributed by atoms with Crippen LogP contribution in [0.25, 0.3) is 5.69 Å². The number of para-hydroxylation sites is 1. The van der Waals surface area contributed by atoms with Crippen molar-refractivity contribution < 1.29 is 4.79 Å². The van der Waals surface area contributed by atoms with Crippen LogP contribution >= 0.6 is 0 Å². The number of carbonyl (C=O) groups is 1. The maximum absolute atomic E-state index is 13.5. The monoisotopic (exact) mass is 350 g/mol. The fraction of sp³-hybridized carbons (Fsp3) is 0.524. The van der Waals surface area contributed by atoms with Gasteiger partial charge in [-0.2, -0.15) is 5.10 Å². The second kappa shape index (κ2) is 6.23. The van der Waals surface area contributed by atoms with E-state index in [1.54, 1.807) is 0 Å². The number of benzene rings is 1. The third-order valence-corrected chi connectivity index (χ3v) is 6.69. The zero-order valence-electron chi connectivity index (χ0n) is 15.2. The highest BCUT2D eigenvalue weighted by Gasteiger charge is 2.51. The molecular formula is C21H26N4O. The standard InChI is InChI=1S/C21H26N4O/c26-20(21-10-5-4-6-17(21)13-22-15-21)24-11-9-19-16(14-24)12-23-25(19)18-7-2-1-3-8-18/h1-3,7-8,12,17,22H,4-6,9-11,13-15H2/t17-,21+/m0/s1. The molecule has 136 valence electrons. The molecule has 1 aromatic heterocycles. The number of nitrogens with one attached hydrogen (secondary N) is 1. The van der Waals surface area contributed by atoms with Crippen LogP contribution in [0.2, 0.25) is 0 Å². The highest BCUT2D eigenvalue weighted by Crippen LogP contribution is 2.45. The van der Waals surface area contributed by atoms with Crippen molar-refractivity contribution in [2.75, 3.05) is 19.6 Å². The van der Waals surface area contributed by atoms with E-state index >= 15 is 0 Å². The molecule has 1 aromatic carbocycles. The second-order valence-corrected chi connectivity index (χ2v) is 8.07. The third-order valence-electron chi connectivity index (χ3n) is 6.69. The molecule has 2 aromatic rings. The van der Waals surface area contributed by atoms with E-state index < -0.39 is 0 Å². The highest BCUT2D eigenvalue weighted by molar-refractivity contribution is 5.84. The van der Waals surface area contributed by atoms with E-state index in [0.29, 0.717) is 18.4 Å². The smallest absolute Gasteiger partial charge is 0.230 e. The van der Waals surface area contributed by atoms with Crippen LogP contribution in [0.5, 0.6) is 0 Å². The third kappa shape index (κ3) is 2.41. The zero-order chi connectivity index (χ0) is 17.6. The molecular weight excluding hydrogens is 324 g/mol. The quantitative estimate of drug-likeness (QED) is 0.905. The van der Waals surface area contributed by atoms with Crippen molar-refractivity contribution in [1.82, 2.24) is 20.0 Å². The van der Waals surface area contributed by atoms with E-state index in [1.165, 1.54) is 30.5 Å². The fourth-order valence-electron chi connectivity index (χ4n) is 5.28. The van der Waals surface area contributed by atoms with Gasteiger partial charge in [0.15, 0.2) is 0 Å². The van der Waals surface area contributed by atoms with Gasteiger partial charge in [-0.15, -0.1) is 0 Å². The van der Waals surface area contributed by atoms with Crippen LogP contribution < -0.4 is 5.32 Å². The van der Waals surface area contributed by atoms with Crippen LogP contribution in [0.3, 0.4) is 0 Å². The number of fused-ring (bicyclic) bond motifs is 2. The maximum atomic E-state index is 13.5. The van der Waals surface area contributed by atoms with Gasteiger partial charge >= 0.3 is 0 Å². The van der Waals surface area contributed by atoms with Crippen molar-refractivity contribution in [1.29, 1.82) is 0 Å². The summed E-state index contributed by atoms with van der Waals surface area (Å²) in [6.45, 7) is 3.38. The predicted octanol–water partition coefficient (Wildman–Crippen LogP) is 2.54. The maximum Gasteiger partial charge on any atom is 0.230 e. The van der Waals surface area contributed by atoms with Gasteiger partial charge in [-0.3, -0.25) is 4.79 Å². The van der Waals surface area contributed by atoms with Crippen LogP contribution in [0, 0.1) is 11.3 Å². The molecule has 0 radical (unpaired) electrons. The number of rotatable bonds is 2. The Morgan fingerprint density at radius 2 is 2.12 bits per heavy atom. The lowest BCUT2D eigenvalue weighted by molar-refractivity contribution is -0.146. The van der Waals surface area contributed by atoms with Crippen molar-refractivity contribution in [2.24, 2.45) is 11.3 Å². The zero-order valence-corrected chi connectivity index (χ0v) is 15.2. The average molecular weight is 350 g/mol. The molecule has 1 N–H and O–H groups in total. The molecule has 0 unspecified atom stereocenters. The first-order chi connectivity index (χ1) is 12.8. The van der Waals surface area contributed by atoms with Gasteiger partial charge in [0, 0.05) is 31.6 Å². The van der Waals surface area contributed by atoms with E-state index in [2.05, 4.69) is 27.4 Å². The van der Waals surface area contributed by atoms with Gasteiger partial charge in [-0.25, -0.2) is 4.68 Å². The Bertz CT molecular complexity index is 815. The molecule has 0 bridgehead atoms. The van der Waals surface area contributed by atoms with Crippen molar-refractivity contribution >= 4 is 5.91 Å². The first-order valence-corrected chi connectivity index (χ1v) is 9.89. The average Bonchev–Trinajstić information content (AvgIpc) is 3.32. The highest BCUT2D eigenvalue weighted by atomic mass is 16.2. The molecule has 0 spiro atoms. The van der Waals surface area contributed by atoms with Gasteiger partial charge in [-0.1, -0.05) is 31.0 Å². The minimum absolute atomic E-state index is 0.148. The molecule has 2 fully saturated rings. The molecule has 2 aliphatic heterocycles. The molecule has 5 nitrogen and oxygen atoms in total. The summed E-state index contributed by atoms with van der Waals surface area (Å²) in [4.78, 5) is 15.6. The molecule has 2 atom stereocenters. The summed E-state index contributed by atoms with van der Waals surface area (Å²) in [6.07, 6.45) is 7.54. The minimum Gasteiger partial charge on any atom is -0.337 e. The lowest BCUT2D eigenvalue weighted by Gasteiger charge is -2.41. The van der Waals surface area contributed by atoms with Gasteiger partial charge in [0.05, 0.1) is 23.0 Å². The number of hydrogen-bond acceptors (Lipinski definition) is 3. The summed E-state index contributed by atoms with van der Waals surface area (Å²) >= 11 is 0. The Labute approximate surface area is 154 Å². The molecule has 1 amide bonds. The van der Waals surface area contributed by atoms with Crippen molar-refractivity contribution in [3.05, 3.63) is 47.8 Å². The Morgan fingerprint density at radius 3 is 3.00 bits per heavy atom. The van der Waals surface area contributed by atoms with E-state index in [1.807, 2.05) is 29.1 Å². The summed E-state index contributed by atoms with van der Waals surface area (Å²) in [6, 6.07) is 10.3. The van der Waals surface area contributed by atoms with Crippen LogP contribution in [-0.4, -0.2) is 40.2 Å². The van der Waals surface area contributed by atoms with E-state index in [4.69, 9.17) is 0 Å². The topological polar surface area (TPSA) is 50.2 Å². The second-order valence-electron chi connectivity index (χ2n) is 8.07. The van der Waals surface area contributed by atoms with Gasteiger partial charge in [-0.05, 0) is 37.4 Å². The van der Waals surface area contributed by atoms with Crippen LogP contribution in [0.4, 0.5) is 0 Å². The van der Waals surface area contributed by atoms with Gasteiger partial charge in [0.2, 0.25) is 5.91 Å². The lowest BCUT2D eigenvalue weighted by atomic mass is 9.67. The summed E-state index contributed by atoms with van der Waals surface area (Å²) in [5.41, 5.74) is 3.40. The SMILES string of the molecule is O=C(N1CCc2c(cnn2-c2ccccc2)C1)[C@@]12CCCC[C@H]1CNC2. The number of carbonyl (C=O) groups excluding carboxylic acids is 1. The molecule has 1 aliphatic carbocycles. The predicted molar refractivity (Wildman–Crippen MR) is 99.9 cm³/mol. The van der Waals surface area contributed by atoms with Gasteiger partial charge in [0.25, 0.3) is 0 Å². The van der Waals surface area contributed by atoms with E-state index in [9.17, 15) is 4.79 Å². The lowest BCUT2D eigenvalue weighted by Crippen LogP contribution is -2.51. The Hall–Kier alpha value is -2.14.